The first-order valence-electron chi connectivity index (χ1n) is 13.4. The lowest BCUT2D eigenvalue weighted by molar-refractivity contribution is 0.0160. The average Bonchev–Trinajstić information content (AvgIpc) is 2.77. The first kappa shape index (κ1) is 34.5. The van der Waals surface area contributed by atoms with Crippen molar-refractivity contribution in [1.29, 1.82) is 0 Å². The van der Waals surface area contributed by atoms with Crippen LogP contribution in [0.4, 0.5) is 0 Å². The molecule has 0 aromatic rings. The maximum absolute atomic E-state index is 5.79. The van der Waals surface area contributed by atoms with Crippen LogP contribution in [-0.2, 0) is 13.3 Å². The fourth-order valence-electron chi connectivity index (χ4n) is 4.68. The van der Waals surface area contributed by atoms with Crippen molar-refractivity contribution in [2.75, 3.05) is 27.9 Å². The van der Waals surface area contributed by atoms with Crippen LogP contribution < -0.4 is 0 Å². The van der Waals surface area contributed by atoms with E-state index in [1.54, 1.807) is 21.3 Å². The Morgan fingerprint density at radius 1 is 0.562 bits per heavy atom. The molecule has 0 atom stereocenters. The summed E-state index contributed by atoms with van der Waals surface area (Å²) in [7, 11) is 2.36. The van der Waals surface area contributed by atoms with E-state index in [1.807, 2.05) is 0 Å². The zero-order valence-corrected chi connectivity index (χ0v) is 24.6. The number of hydrogen-bond donors (Lipinski definition) is 0. The maximum Gasteiger partial charge on any atom is 0.599 e. The third kappa shape index (κ3) is 14.6. The summed E-state index contributed by atoms with van der Waals surface area (Å²) in [5, 5.41) is 0. The van der Waals surface area contributed by atoms with E-state index in [-0.39, 0.29) is 17.9 Å². The molecule has 0 aliphatic rings. The molecule has 0 N–H and O–H groups in total. The molecule has 0 heterocycles. The number of halogens is 1. The minimum Gasteiger partial charge on any atom is -0.364 e. The Kier molecular flexibility index (Phi) is 23.6. The molecule has 0 unspecified atom stereocenters. The quantitative estimate of drug-likeness (QED) is 0.105. The average molecular weight is 496 g/mol. The monoisotopic (exact) mass is 495 g/mol. The summed E-state index contributed by atoms with van der Waals surface area (Å²) in [4.78, 5) is 0. The molecule has 0 aliphatic carbocycles. The Hall–Kier alpha value is 0.347. The van der Waals surface area contributed by atoms with Gasteiger partial charge in [0, 0.05) is 26.9 Å². The van der Waals surface area contributed by atoms with Gasteiger partial charge in [-0.1, -0.05) is 110 Å². The van der Waals surface area contributed by atoms with Crippen LogP contribution in [0.15, 0.2) is 0 Å². The zero-order valence-electron chi connectivity index (χ0n) is 22.8. The summed E-state index contributed by atoms with van der Waals surface area (Å²) in [5.74, 6) is 0. The SMILES string of the molecule is CCCCCCCCCCCCCCCCCC(C)(C)N(CCC)[Si](OC)(OC)OC.Cl. The van der Waals surface area contributed by atoms with Gasteiger partial charge in [0.05, 0.1) is 0 Å². The molecule has 0 fully saturated rings. The Morgan fingerprint density at radius 3 is 1.22 bits per heavy atom. The van der Waals surface area contributed by atoms with Gasteiger partial charge in [0.2, 0.25) is 0 Å². The highest BCUT2D eigenvalue weighted by Crippen LogP contribution is 2.29. The molecule has 0 aliphatic heterocycles. The minimum absolute atomic E-state index is 0. The number of rotatable bonds is 23. The second-order valence-corrected chi connectivity index (χ2v) is 12.6. The van der Waals surface area contributed by atoms with Crippen molar-refractivity contribution in [2.24, 2.45) is 0 Å². The van der Waals surface area contributed by atoms with Crippen LogP contribution in [0.25, 0.3) is 0 Å². The maximum atomic E-state index is 5.79. The van der Waals surface area contributed by atoms with Crippen molar-refractivity contribution in [3.05, 3.63) is 0 Å². The largest absolute Gasteiger partial charge is 0.599 e. The van der Waals surface area contributed by atoms with E-state index in [0.717, 1.165) is 19.4 Å². The van der Waals surface area contributed by atoms with E-state index in [0.29, 0.717) is 0 Å². The smallest absolute Gasteiger partial charge is 0.364 e. The Labute approximate surface area is 209 Å². The van der Waals surface area contributed by atoms with Crippen LogP contribution in [0, 0.1) is 0 Å². The van der Waals surface area contributed by atoms with Gasteiger partial charge in [-0.3, -0.25) is 4.57 Å². The molecule has 0 aromatic carbocycles. The molecule has 6 heteroatoms. The van der Waals surface area contributed by atoms with Gasteiger partial charge in [-0.05, 0) is 33.2 Å². The molecular weight excluding hydrogens is 438 g/mol. The molecule has 0 amide bonds. The van der Waals surface area contributed by atoms with Gasteiger partial charge in [0.15, 0.2) is 0 Å². The summed E-state index contributed by atoms with van der Waals surface area (Å²) in [6, 6.07) is 0. The molecule has 32 heavy (non-hydrogen) atoms. The highest BCUT2D eigenvalue weighted by molar-refractivity contribution is 6.57. The predicted molar refractivity (Wildman–Crippen MR) is 145 cm³/mol. The van der Waals surface area contributed by atoms with Gasteiger partial charge < -0.3 is 13.3 Å². The lowest BCUT2D eigenvalue weighted by Crippen LogP contribution is -2.66. The first-order chi connectivity index (χ1) is 14.9. The van der Waals surface area contributed by atoms with Crippen LogP contribution in [0.3, 0.4) is 0 Å². The van der Waals surface area contributed by atoms with Crippen molar-refractivity contribution in [3.63, 3.8) is 0 Å². The molecule has 0 radical (unpaired) electrons. The van der Waals surface area contributed by atoms with Gasteiger partial charge >= 0.3 is 8.97 Å². The molecule has 196 valence electrons. The van der Waals surface area contributed by atoms with Gasteiger partial charge in [-0.15, -0.1) is 12.4 Å². The van der Waals surface area contributed by atoms with E-state index in [2.05, 4.69) is 32.3 Å². The normalized spacial score (nSPS) is 12.4. The molecule has 0 spiro atoms. The van der Waals surface area contributed by atoms with Crippen LogP contribution in [0.5, 0.6) is 0 Å². The van der Waals surface area contributed by atoms with Gasteiger partial charge in [-0.2, -0.15) is 0 Å². The highest BCUT2D eigenvalue weighted by Gasteiger charge is 2.51. The van der Waals surface area contributed by atoms with Crippen molar-refractivity contribution >= 4 is 21.4 Å². The highest BCUT2D eigenvalue weighted by atomic mass is 35.5. The third-order valence-corrected chi connectivity index (χ3v) is 9.71. The molecule has 4 nitrogen and oxygen atoms in total. The molecule has 0 rings (SSSR count). The first-order valence-corrected chi connectivity index (χ1v) is 15.0. The summed E-state index contributed by atoms with van der Waals surface area (Å²) < 4.78 is 19.7. The summed E-state index contributed by atoms with van der Waals surface area (Å²) in [5.41, 5.74) is 0.0147. The Balaban J connectivity index is 0. The van der Waals surface area contributed by atoms with Crippen molar-refractivity contribution in [1.82, 2.24) is 4.57 Å². The van der Waals surface area contributed by atoms with Crippen LogP contribution in [0.2, 0.25) is 0 Å². The van der Waals surface area contributed by atoms with Crippen molar-refractivity contribution < 1.29 is 13.3 Å². The predicted octanol–water partition coefficient (Wildman–Crippen LogP) is 8.54. The summed E-state index contributed by atoms with van der Waals surface area (Å²) in [6.45, 7) is 10.1. The lowest BCUT2D eigenvalue weighted by atomic mass is 9.95. The summed E-state index contributed by atoms with van der Waals surface area (Å²) in [6.07, 6.45) is 23.3. The number of hydrogen-bond acceptors (Lipinski definition) is 4. The second kappa shape index (κ2) is 21.9. The van der Waals surface area contributed by atoms with E-state index >= 15 is 0 Å². The van der Waals surface area contributed by atoms with E-state index in [9.17, 15) is 0 Å². The van der Waals surface area contributed by atoms with Crippen LogP contribution >= 0.6 is 12.4 Å². The molecule has 0 saturated heterocycles. The Bertz CT molecular complexity index is 387. The number of unbranched alkanes of at least 4 members (excludes halogenated alkanes) is 14. The second-order valence-electron chi connectivity index (χ2n) is 9.80. The molecular formula is C26H58ClNO3Si. The molecule has 0 saturated carbocycles. The van der Waals surface area contributed by atoms with E-state index in [4.69, 9.17) is 13.3 Å². The topological polar surface area (TPSA) is 30.9 Å². The van der Waals surface area contributed by atoms with E-state index in [1.165, 1.54) is 96.3 Å². The van der Waals surface area contributed by atoms with Crippen molar-refractivity contribution in [2.45, 2.75) is 142 Å². The summed E-state index contributed by atoms with van der Waals surface area (Å²) >= 11 is 0. The van der Waals surface area contributed by atoms with Gasteiger partial charge in [0.1, 0.15) is 0 Å². The van der Waals surface area contributed by atoms with Crippen LogP contribution in [0.1, 0.15) is 137 Å². The molecule has 0 bridgehead atoms. The minimum atomic E-state index is -2.78. The zero-order chi connectivity index (χ0) is 23.4. The van der Waals surface area contributed by atoms with Crippen molar-refractivity contribution in [3.8, 4) is 0 Å². The van der Waals surface area contributed by atoms with E-state index < -0.39 is 8.97 Å². The fourth-order valence-corrected chi connectivity index (χ4v) is 7.19. The Morgan fingerprint density at radius 2 is 0.906 bits per heavy atom. The van der Waals surface area contributed by atoms with Gasteiger partial charge in [0.25, 0.3) is 0 Å². The standard InChI is InChI=1S/C26H57NO3Si.ClH/c1-8-10-11-12-13-14-15-16-17-18-19-20-21-22-23-24-26(3,4)27(25-9-2)31(28-5,29-6)30-7;/h8-25H2,1-7H3;1H. The molecule has 0 aromatic heterocycles. The number of nitrogens with zero attached hydrogens (tertiary/aromatic N) is 1. The fraction of sp³-hybridized carbons (Fsp3) is 1.00. The van der Waals surface area contributed by atoms with Crippen LogP contribution in [-0.4, -0.2) is 46.9 Å². The third-order valence-electron chi connectivity index (χ3n) is 6.67. The van der Waals surface area contributed by atoms with Gasteiger partial charge in [-0.25, -0.2) is 0 Å². The lowest BCUT2D eigenvalue weighted by Gasteiger charge is -2.45.